The second kappa shape index (κ2) is 6.23. The van der Waals surface area contributed by atoms with E-state index in [1.807, 2.05) is 81.4 Å². The van der Waals surface area contributed by atoms with Crippen LogP contribution >= 0.6 is 0 Å². The van der Waals surface area contributed by atoms with Crippen LogP contribution in [0.15, 0.2) is 48.5 Å². The molecular formula is C23H22N2O2. The molecule has 1 aliphatic heterocycles. The van der Waals surface area contributed by atoms with E-state index in [9.17, 15) is 9.59 Å². The van der Waals surface area contributed by atoms with Gasteiger partial charge in [-0.05, 0) is 54.1 Å². The number of hydrogen-bond donors (Lipinski definition) is 0. The molecule has 0 fully saturated rings. The molecule has 0 aliphatic carbocycles. The van der Waals surface area contributed by atoms with Crippen molar-refractivity contribution in [1.29, 1.82) is 0 Å². The number of rotatable bonds is 2. The maximum Gasteiger partial charge on any atom is 0.265 e. The highest BCUT2D eigenvalue weighted by Gasteiger charge is 2.34. The molecule has 0 aromatic heterocycles. The fourth-order valence-electron chi connectivity index (χ4n) is 3.77. The number of carbonyl (C=O) groups excluding carboxylic acids is 2. The molecule has 0 unspecified atom stereocenters. The fraction of sp³-hybridized carbons (Fsp3) is 0.217. The molecule has 2 amide bonds. The minimum atomic E-state index is -0.244. The number of aryl methyl sites for hydroxylation is 2. The Morgan fingerprint density at radius 1 is 0.889 bits per heavy atom. The highest BCUT2D eigenvalue weighted by atomic mass is 16.2. The van der Waals surface area contributed by atoms with E-state index in [0.717, 1.165) is 33.2 Å². The van der Waals surface area contributed by atoms with Crippen molar-refractivity contribution in [2.75, 3.05) is 23.9 Å². The Morgan fingerprint density at radius 3 is 2.26 bits per heavy atom. The van der Waals surface area contributed by atoms with Gasteiger partial charge in [0, 0.05) is 25.2 Å². The first kappa shape index (κ1) is 17.3. The first-order valence-corrected chi connectivity index (χ1v) is 9.05. The van der Waals surface area contributed by atoms with Gasteiger partial charge < -0.3 is 4.90 Å². The topological polar surface area (TPSA) is 40.6 Å². The molecule has 1 heterocycles. The third kappa shape index (κ3) is 2.69. The molecule has 4 heteroatoms. The maximum absolute atomic E-state index is 13.4. The molecule has 4 rings (SSSR count). The van der Waals surface area contributed by atoms with E-state index in [1.165, 1.54) is 4.90 Å². The summed E-state index contributed by atoms with van der Waals surface area (Å²) in [4.78, 5) is 29.6. The standard InChI is InChI=1S/C23H22N2O2/c1-14-9-10-17(11-15(14)2)25-21(26)13-16-12-20(24(3)4)18-7-5-6-8-19(18)22(16)23(25)27/h5-12H,13H2,1-4H3. The summed E-state index contributed by atoms with van der Waals surface area (Å²) in [7, 11) is 3.95. The molecule has 136 valence electrons. The van der Waals surface area contributed by atoms with Gasteiger partial charge in [-0.15, -0.1) is 0 Å². The van der Waals surface area contributed by atoms with Gasteiger partial charge >= 0.3 is 0 Å². The molecule has 0 saturated heterocycles. The zero-order chi connectivity index (χ0) is 19.3. The zero-order valence-corrected chi connectivity index (χ0v) is 16.0. The van der Waals surface area contributed by atoms with E-state index < -0.39 is 0 Å². The molecule has 3 aromatic carbocycles. The number of carbonyl (C=O) groups is 2. The molecule has 1 aliphatic rings. The van der Waals surface area contributed by atoms with Crippen molar-refractivity contribution < 1.29 is 9.59 Å². The van der Waals surface area contributed by atoms with Gasteiger partial charge in [0.2, 0.25) is 5.91 Å². The predicted octanol–water partition coefficient (Wildman–Crippen LogP) is 4.25. The Bertz CT molecular complexity index is 1100. The van der Waals surface area contributed by atoms with Crippen LogP contribution in [0.4, 0.5) is 11.4 Å². The third-order valence-electron chi connectivity index (χ3n) is 5.34. The summed E-state index contributed by atoms with van der Waals surface area (Å²) in [5, 5.41) is 1.91. The minimum absolute atomic E-state index is 0.184. The van der Waals surface area contributed by atoms with Crippen LogP contribution in [0.5, 0.6) is 0 Å². The lowest BCUT2D eigenvalue weighted by Gasteiger charge is -2.30. The zero-order valence-electron chi connectivity index (χ0n) is 16.0. The van der Waals surface area contributed by atoms with E-state index in [2.05, 4.69) is 0 Å². The quantitative estimate of drug-likeness (QED) is 0.643. The van der Waals surface area contributed by atoms with Gasteiger partial charge in [-0.1, -0.05) is 30.3 Å². The summed E-state index contributed by atoms with van der Waals surface area (Å²) in [6.45, 7) is 4.01. The molecule has 0 saturated carbocycles. The Hall–Kier alpha value is -3.14. The SMILES string of the molecule is Cc1ccc(N2C(=O)Cc3cc(N(C)C)c4ccccc4c3C2=O)cc1C. The van der Waals surface area contributed by atoms with Gasteiger partial charge in [-0.2, -0.15) is 0 Å². The van der Waals surface area contributed by atoms with Crippen LogP contribution in [-0.2, 0) is 11.2 Å². The van der Waals surface area contributed by atoms with Crippen LogP contribution in [0, 0.1) is 13.8 Å². The van der Waals surface area contributed by atoms with Crippen molar-refractivity contribution in [2.45, 2.75) is 20.3 Å². The fourth-order valence-corrected chi connectivity index (χ4v) is 3.77. The summed E-state index contributed by atoms with van der Waals surface area (Å²) in [6, 6.07) is 15.6. The highest BCUT2D eigenvalue weighted by Crippen LogP contribution is 2.36. The first-order valence-electron chi connectivity index (χ1n) is 9.05. The second-order valence-electron chi connectivity index (χ2n) is 7.35. The van der Waals surface area contributed by atoms with Crippen LogP contribution in [-0.4, -0.2) is 25.9 Å². The third-order valence-corrected chi connectivity index (χ3v) is 5.34. The molecule has 0 radical (unpaired) electrons. The molecule has 27 heavy (non-hydrogen) atoms. The summed E-state index contributed by atoms with van der Waals surface area (Å²) in [5.41, 5.74) is 5.29. The van der Waals surface area contributed by atoms with E-state index in [-0.39, 0.29) is 18.2 Å². The molecule has 3 aromatic rings. The van der Waals surface area contributed by atoms with Crippen molar-refractivity contribution in [1.82, 2.24) is 0 Å². The predicted molar refractivity (Wildman–Crippen MR) is 110 cm³/mol. The van der Waals surface area contributed by atoms with Crippen molar-refractivity contribution >= 4 is 34.0 Å². The number of imide groups is 1. The van der Waals surface area contributed by atoms with Gasteiger partial charge in [-0.3, -0.25) is 9.59 Å². The molecule has 0 atom stereocenters. The Balaban J connectivity index is 1.94. The van der Waals surface area contributed by atoms with Crippen LogP contribution in [0.1, 0.15) is 27.0 Å². The Labute approximate surface area is 159 Å². The highest BCUT2D eigenvalue weighted by molar-refractivity contribution is 6.29. The average Bonchev–Trinajstić information content (AvgIpc) is 2.63. The number of anilines is 2. The molecular weight excluding hydrogens is 336 g/mol. The van der Waals surface area contributed by atoms with Crippen molar-refractivity contribution in [3.05, 3.63) is 70.8 Å². The Morgan fingerprint density at radius 2 is 1.59 bits per heavy atom. The van der Waals surface area contributed by atoms with Crippen molar-refractivity contribution in [3.8, 4) is 0 Å². The lowest BCUT2D eigenvalue weighted by atomic mass is 9.91. The number of benzene rings is 3. The lowest BCUT2D eigenvalue weighted by Crippen LogP contribution is -2.42. The van der Waals surface area contributed by atoms with Crippen LogP contribution in [0.2, 0.25) is 0 Å². The summed E-state index contributed by atoms with van der Waals surface area (Å²) >= 11 is 0. The van der Waals surface area contributed by atoms with E-state index in [1.54, 1.807) is 0 Å². The average molecular weight is 358 g/mol. The van der Waals surface area contributed by atoms with Crippen LogP contribution in [0.3, 0.4) is 0 Å². The summed E-state index contributed by atoms with van der Waals surface area (Å²) in [6.07, 6.45) is 0.222. The van der Waals surface area contributed by atoms with Gasteiger partial charge in [0.05, 0.1) is 17.7 Å². The maximum atomic E-state index is 13.4. The first-order chi connectivity index (χ1) is 12.9. The van der Waals surface area contributed by atoms with E-state index in [4.69, 9.17) is 0 Å². The molecule has 0 bridgehead atoms. The van der Waals surface area contributed by atoms with Gasteiger partial charge in [-0.25, -0.2) is 4.90 Å². The smallest absolute Gasteiger partial charge is 0.265 e. The minimum Gasteiger partial charge on any atom is -0.377 e. The van der Waals surface area contributed by atoms with Crippen LogP contribution in [0.25, 0.3) is 10.8 Å². The van der Waals surface area contributed by atoms with E-state index >= 15 is 0 Å². The summed E-state index contributed by atoms with van der Waals surface area (Å²) in [5.74, 6) is -0.429. The number of fused-ring (bicyclic) bond motifs is 3. The van der Waals surface area contributed by atoms with Gasteiger partial charge in [0.1, 0.15) is 0 Å². The normalized spacial score (nSPS) is 13.9. The molecule has 0 spiro atoms. The number of hydrogen-bond acceptors (Lipinski definition) is 3. The van der Waals surface area contributed by atoms with Gasteiger partial charge in [0.15, 0.2) is 0 Å². The van der Waals surface area contributed by atoms with Gasteiger partial charge in [0.25, 0.3) is 5.91 Å². The van der Waals surface area contributed by atoms with Crippen molar-refractivity contribution in [3.63, 3.8) is 0 Å². The largest absolute Gasteiger partial charge is 0.377 e. The van der Waals surface area contributed by atoms with Crippen molar-refractivity contribution in [2.24, 2.45) is 0 Å². The second-order valence-corrected chi connectivity index (χ2v) is 7.35. The van der Waals surface area contributed by atoms with Crippen LogP contribution < -0.4 is 9.80 Å². The lowest BCUT2D eigenvalue weighted by molar-refractivity contribution is -0.117. The number of nitrogens with zero attached hydrogens (tertiary/aromatic N) is 2. The number of amides is 2. The monoisotopic (exact) mass is 358 g/mol. The molecule has 0 N–H and O–H groups in total. The Kier molecular flexibility index (Phi) is 3.99. The molecule has 4 nitrogen and oxygen atoms in total. The summed E-state index contributed by atoms with van der Waals surface area (Å²) < 4.78 is 0. The van der Waals surface area contributed by atoms with E-state index in [0.29, 0.717) is 11.3 Å².